The van der Waals surface area contributed by atoms with Gasteiger partial charge < -0.3 is 15.0 Å². The molecule has 5 rings (SSSR count). The van der Waals surface area contributed by atoms with Gasteiger partial charge in [0, 0.05) is 28.4 Å². The third-order valence-corrected chi connectivity index (χ3v) is 6.70. The van der Waals surface area contributed by atoms with Crippen LogP contribution in [0, 0.1) is 0 Å². The molecule has 36 heavy (non-hydrogen) atoms. The van der Waals surface area contributed by atoms with Crippen LogP contribution in [-0.2, 0) is 11.4 Å². The summed E-state index contributed by atoms with van der Waals surface area (Å²) in [6, 6.07) is 23.6. The summed E-state index contributed by atoms with van der Waals surface area (Å²) >= 11 is 6.20. The van der Waals surface area contributed by atoms with Gasteiger partial charge >= 0.3 is 0 Å². The predicted molar refractivity (Wildman–Crippen MR) is 143 cm³/mol. The zero-order chi connectivity index (χ0) is 25.1. The van der Waals surface area contributed by atoms with Crippen molar-refractivity contribution in [3.63, 3.8) is 0 Å². The van der Waals surface area contributed by atoms with E-state index in [1.807, 2.05) is 73.7 Å². The highest BCUT2D eigenvalue weighted by molar-refractivity contribution is 6.30. The maximum atomic E-state index is 12.6. The monoisotopic (exact) mass is 503 g/mol. The van der Waals surface area contributed by atoms with Gasteiger partial charge in [0.25, 0.3) is 0 Å². The van der Waals surface area contributed by atoms with Gasteiger partial charge in [0.1, 0.15) is 18.5 Å². The van der Waals surface area contributed by atoms with Crippen LogP contribution >= 0.6 is 11.6 Å². The molecule has 3 unspecified atom stereocenters. The Balaban J connectivity index is 1.58. The number of nitrogens with zero attached hydrogens (tertiary/aromatic N) is 2. The number of hydrogen-bond donors (Lipinski definition) is 3. The molecule has 0 radical (unpaired) electrons. The van der Waals surface area contributed by atoms with E-state index in [1.165, 1.54) is 0 Å². The molecule has 0 saturated carbocycles. The fourth-order valence-electron chi connectivity index (χ4n) is 4.75. The molecule has 3 aromatic carbocycles. The van der Waals surface area contributed by atoms with Crippen molar-refractivity contribution >= 4 is 28.9 Å². The van der Waals surface area contributed by atoms with E-state index in [2.05, 4.69) is 34.1 Å². The van der Waals surface area contributed by atoms with Gasteiger partial charge in [-0.2, -0.15) is 0 Å². The summed E-state index contributed by atoms with van der Waals surface area (Å²) in [4.78, 5) is 20.1. The van der Waals surface area contributed by atoms with Crippen LogP contribution in [0.25, 0.3) is 0 Å². The number of rotatable bonds is 7. The van der Waals surface area contributed by atoms with Gasteiger partial charge in [0.2, 0.25) is 5.91 Å². The molecule has 3 N–H and O–H groups in total. The lowest BCUT2D eigenvalue weighted by molar-refractivity contribution is -0.121. The van der Waals surface area contributed by atoms with Gasteiger partial charge in [-0.3, -0.25) is 9.79 Å². The maximum absolute atomic E-state index is 12.6. The second-order valence-electron chi connectivity index (χ2n) is 8.98. The Morgan fingerprint density at radius 1 is 1.08 bits per heavy atom. The van der Waals surface area contributed by atoms with Crippen LogP contribution in [0.3, 0.4) is 0 Å². The van der Waals surface area contributed by atoms with Crippen molar-refractivity contribution in [2.24, 2.45) is 4.99 Å². The first-order chi connectivity index (χ1) is 17.5. The van der Waals surface area contributed by atoms with Crippen LogP contribution < -0.4 is 25.8 Å². The quantitative estimate of drug-likeness (QED) is 0.449. The number of aliphatic imine (C=N–C) groups is 1. The Morgan fingerprint density at radius 3 is 2.61 bits per heavy atom. The molecule has 186 valence electrons. The van der Waals surface area contributed by atoms with Crippen LogP contribution in [0.5, 0.6) is 5.75 Å². The largest absolute Gasteiger partial charge is 0.489 e. The number of ether oxygens (including phenoxy) is 1. The predicted octanol–water partition coefficient (Wildman–Crippen LogP) is 4.25. The zero-order valence-corrected chi connectivity index (χ0v) is 21.1. The third-order valence-electron chi connectivity index (χ3n) is 6.45. The molecule has 2 heterocycles. The Labute approximate surface area is 216 Å². The molecule has 1 fully saturated rings. The van der Waals surface area contributed by atoms with Crippen LogP contribution in [0.1, 0.15) is 37.0 Å². The second-order valence-corrected chi connectivity index (χ2v) is 9.42. The fourth-order valence-corrected chi connectivity index (χ4v) is 4.87. The van der Waals surface area contributed by atoms with Gasteiger partial charge in [-0.1, -0.05) is 54.1 Å². The number of hydrogen-bond acceptors (Lipinski definition) is 6. The summed E-state index contributed by atoms with van der Waals surface area (Å²) in [5, 5.41) is 3.58. The molecule has 0 aromatic heterocycles. The number of fused-ring (bicyclic) bond motifs is 3. The number of anilines is 1. The number of nitrogens with one attached hydrogen (secondary N) is 3. The minimum atomic E-state index is -0.319. The van der Waals surface area contributed by atoms with Crippen LogP contribution in [0.2, 0.25) is 5.02 Å². The highest BCUT2D eigenvalue weighted by atomic mass is 35.5. The number of carbonyl (C=O) groups excluding carboxylic acids is 1. The number of hydrazine groups is 1. The average molecular weight is 504 g/mol. The first kappa shape index (κ1) is 24.3. The molecule has 8 heteroatoms. The summed E-state index contributed by atoms with van der Waals surface area (Å²) < 4.78 is 6.17. The summed E-state index contributed by atoms with van der Waals surface area (Å²) in [5.41, 5.74) is 11.5. The summed E-state index contributed by atoms with van der Waals surface area (Å²) in [5.74, 6) is 0.728. The van der Waals surface area contributed by atoms with E-state index in [0.29, 0.717) is 18.2 Å². The van der Waals surface area contributed by atoms with Crippen molar-refractivity contribution in [1.29, 1.82) is 0 Å². The van der Waals surface area contributed by atoms with Crippen LogP contribution in [0.15, 0.2) is 77.8 Å². The molecule has 0 aliphatic carbocycles. The lowest BCUT2D eigenvalue weighted by Gasteiger charge is -2.31. The molecular formula is C28H30ClN5O2. The summed E-state index contributed by atoms with van der Waals surface area (Å²) in [7, 11) is 0. The molecule has 0 spiro atoms. The van der Waals surface area contributed by atoms with Gasteiger partial charge in [-0.25, -0.2) is 10.9 Å². The van der Waals surface area contributed by atoms with E-state index in [0.717, 1.165) is 33.8 Å². The van der Waals surface area contributed by atoms with Gasteiger partial charge in [-0.15, -0.1) is 0 Å². The number of amides is 1. The molecule has 1 saturated heterocycles. The van der Waals surface area contributed by atoms with E-state index < -0.39 is 0 Å². The van der Waals surface area contributed by atoms with Crippen molar-refractivity contribution in [1.82, 2.24) is 16.2 Å². The van der Waals surface area contributed by atoms with E-state index in [-0.39, 0.29) is 30.7 Å². The normalized spacial score (nSPS) is 20.7. The Kier molecular flexibility index (Phi) is 7.23. The Bertz CT molecular complexity index is 1250. The highest BCUT2D eigenvalue weighted by Gasteiger charge is 2.40. The molecule has 7 nitrogen and oxygen atoms in total. The van der Waals surface area contributed by atoms with Crippen molar-refractivity contribution in [2.75, 3.05) is 11.4 Å². The van der Waals surface area contributed by atoms with Crippen LogP contribution in [0.4, 0.5) is 5.69 Å². The fraction of sp³-hybridized carbons (Fsp3) is 0.286. The average Bonchev–Trinajstić information content (AvgIpc) is 3.21. The molecule has 3 atom stereocenters. The summed E-state index contributed by atoms with van der Waals surface area (Å²) in [6.45, 7) is 5.06. The Morgan fingerprint density at radius 2 is 1.86 bits per heavy atom. The third kappa shape index (κ3) is 5.09. The first-order valence-corrected chi connectivity index (χ1v) is 12.6. The van der Waals surface area contributed by atoms with E-state index in [9.17, 15) is 4.79 Å². The van der Waals surface area contributed by atoms with E-state index >= 15 is 0 Å². The maximum Gasteiger partial charge on any atom is 0.222 e. The van der Waals surface area contributed by atoms with Crippen molar-refractivity contribution < 1.29 is 9.53 Å². The van der Waals surface area contributed by atoms with Crippen molar-refractivity contribution in [3.05, 3.63) is 94.5 Å². The number of carbonyl (C=O) groups is 1. The van der Waals surface area contributed by atoms with Gasteiger partial charge in [0.05, 0.1) is 24.3 Å². The van der Waals surface area contributed by atoms with Crippen LogP contribution in [-0.4, -0.2) is 36.5 Å². The zero-order valence-electron chi connectivity index (χ0n) is 20.4. The number of benzene rings is 3. The number of halogens is 1. The van der Waals surface area contributed by atoms with E-state index in [4.69, 9.17) is 21.3 Å². The molecule has 0 bridgehead atoms. The SMILES string of the molecule is CCNC(=O)CC1N=C(c2ccc(Cl)cc2)c2cc(OCc3ccccc3)ccc2N2C(C)NNC12. The molecule has 1 amide bonds. The minimum Gasteiger partial charge on any atom is -0.489 e. The molecular weight excluding hydrogens is 474 g/mol. The lowest BCUT2D eigenvalue weighted by Crippen LogP contribution is -2.47. The lowest BCUT2D eigenvalue weighted by atomic mass is 9.99. The van der Waals surface area contributed by atoms with E-state index in [1.54, 1.807) is 0 Å². The van der Waals surface area contributed by atoms with Crippen molar-refractivity contribution in [3.8, 4) is 5.75 Å². The highest BCUT2D eigenvalue weighted by Crippen LogP contribution is 2.36. The standard InChI is InChI=1S/C28H30ClN5O2/c1-3-30-26(35)16-24-28-33-32-18(2)34(28)25-14-13-22(36-17-19-7-5-4-6-8-19)15-23(25)27(31-24)20-9-11-21(29)12-10-20/h4-15,18,24,28,32-33H,3,16-17H2,1-2H3,(H,30,35). The first-order valence-electron chi connectivity index (χ1n) is 12.2. The topological polar surface area (TPSA) is 78.0 Å². The Hall–Kier alpha value is -3.39. The summed E-state index contributed by atoms with van der Waals surface area (Å²) in [6.07, 6.45) is 0.0716. The minimum absolute atomic E-state index is 0.00124. The van der Waals surface area contributed by atoms with Gasteiger partial charge in [-0.05, 0) is 49.7 Å². The molecule has 3 aromatic rings. The van der Waals surface area contributed by atoms with Gasteiger partial charge in [0.15, 0.2) is 0 Å². The molecule has 2 aliphatic heterocycles. The van der Waals surface area contributed by atoms with Crippen molar-refractivity contribution in [2.45, 2.75) is 45.2 Å². The molecule has 2 aliphatic rings. The smallest absolute Gasteiger partial charge is 0.222 e. The second kappa shape index (κ2) is 10.7.